The topological polar surface area (TPSA) is 94.0 Å². The summed E-state index contributed by atoms with van der Waals surface area (Å²) in [6.07, 6.45) is 1.11. The molecule has 0 aliphatic carbocycles. The first-order chi connectivity index (χ1) is 7.75. The Hall–Kier alpha value is -1.94. The molecule has 0 rings (SSSR count). The van der Waals surface area contributed by atoms with Crippen molar-refractivity contribution in [3.8, 4) is 0 Å². The van der Waals surface area contributed by atoms with E-state index in [1.54, 1.807) is 20.8 Å². The van der Waals surface area contributed by atoms with E-state index < -0.39 is 23.5 Å². The van der Waals surface area contributed by atoms with Gasteiger partial charge in [-0.2, -0.15) is 4.79 Å². The quantitative estimate of drug-likeness (QED) is 0.341. The molecular weight excluding hydrogens is 222 g/mol. The lowest BCUT2D eigenvalue weighted by atomic mass is 9.99. The number of ketones is 1. The molecule has 0 bridgehead atoms. The molecule has 0 aliphatic rings. The van der Waals surface area contributed by atoms with E-state index >= 15 is 0 Å². The highest BCUT2D eigenvalue weighted by Gasteiger charge is 2.37. The van der Waals surface area contributed by atoms with E-state index in [9.17, 15) is 9.59 Å². The normalized spacial score (nSPS) is 12.2. The predicted octanol–water partition coefficient (Wildman–Crippen LogP) is 1.58. The maximum absolute atomic E-state index is 11.7. The zero-order chi connectivity index (χ0) is 13.6. The molecule has 94 valence electrons. The summed E-state index contributed by atoms with van der Waals surface area (Å²) in [5.74, 6) is -0.579. The highest BCUT2D eigenvalue weighted by Crippen LogP contribution is 2.20. The molecule has 6 heteroatoms. The van der Waals surface area contributed by atoms with Gasteiger partial charge in [0.15, 0.2) is 0 Å². The van der Waals surface area contributed by atoms with Crippen LogP contribution in [0.5, 0.6) is 0 Å². The van der Waals surface area contributed by atoms with Gasteiger partial charge in [-0.25, -0.2) is 4.79 Å². The number of Topliss-reactive ketones (excluding diaryl/α,β-unsaturated/α-hetero) is 1. The molecule has 0 radical (unpaired) electrons. The predicted molar refractivity (Wildman–Crippen MR) is 62.9 cm³/mol. The lowest BCUT2D eigenvalue weighted by Gasteiger charge is -2.37. The number of hydrogen-bond donors (Lipinski definition) is 1. The van der Waals surface area contributed by atoms with Gasteiger partial charge in [0, 0.05) is 5.54 Å². The van der Waals surface area contributed by atoms with Gasteiger partial charge in [-0.1, -0.05) is 6.08 Å². The maximum Gasteiger partial charge on any atom is 0.408 e. The standard InChI is InChI=1S/C11H17N3O3/c1-5-6-8(9(15)7-13-12)14(10(16)17)11(2,3)4/h5,7-8H,1,6H2,2-4H3,(H,16,17)/t8-/m0/s1. The van der Waals surface area contributed by atoms with Gasteiger partial charge in [0.1, 0.15) is 6.04 Å². The van der Waals surface area contributed by atoms with E-state index in [1.165, 1.54) is 6.08 Å². The third kappa shape index (κ3) is 4.20. The van der Waals surface area contributed by atoms with E-state index in [1.807, 2.05) is 0 Å². The SMILES string of the molecule is C=CC[C@@H](C(=O)C=[N+]=[N-])N(C(=O)O)C(C)(C)C. The van der Waals surface area contributed by atoms with Crippen LogP contribution in [0.3, 0.4) is 0 Å². The summed E-state index contributed by atoms with van der Waals surface area (Å²) >= 11 is 0. The molecule has 17 heavy (non-hydrogen) atoms. The van der Waals surface area contributed by atoms with Crippen molar-refractivity contribution in [1.29, 1.82) is 0 Å². The number of amides is 1. The summed E-state index contributed by atoms with van der Waals surface area (Å²) in [5, 5.41) is 9.16. The molecule has 0 fully saturated rings. The highest BCUT2D eigenvalue weighted by atomic mass is 16.4. The van der Waals surface area contributed by atoms with Gasteiger partial charge in [0.2, 0.25) is 0 Å². The minimum Gasteiger partial charge on any atom is -0.465 e. The van der Waals surface area contributed by atoms with Crippen LogP contribution in [0.25, 0.3) is 5.53 Å². The Labute approximate surface area is 100 Å². The molecule has 0 spiro atoms. The number of nitrogens with zero attached hydrogens (tertiary/aromatic N) is 3. The van der Waals surface area contributed by atoms with Crippen molar-refractivity contribution < 1.29 is 19.5 Å². The molecule has 0 aromatic carbocycles. The monoisotopic (exact) mass is 239 g/mol. The molecule has 0 heterocycles. The van der Waals surface area contributed by atoms with E-state index in [0.717, 1.165) is 4.90 Å². The summed E-state index contributed by atoms with van der Waals surface area (Å²) in [6.45, 7) is 8.53. The Morgan fingerprint density at radius 3 is 2.35 bits per heavy atom. The lowest BCUT2D eigenvalue weighted by Crippen LogP contribution is -2.54. The second-order valence-corrected chi connectivity index (χ2v) is 4.51. The Morgan fingerprint density at radius 2 is 2.06 bits per heavy atom. The molecule has 0 unspecified atom stereocenters. The molecule has 0 aromatic rings. The molecular formula is C11H17N3O3. The minimum atomic E-state index is -1.20. The molecule has 6 nitrogen and oxygen atoms in total. The first-order valence-electron chi connectivity index (χ1n) is 5.10. The molecule has 0 saturated heterocycles. The molecule has 0 saturated carbocycles. The molecule has 1 atom stereocenters. The number of carboxylic acid groups (broad SMARTS) is 1. The Bertz CT molecular complexity index is 365. The third-order valence-corrected chi connectivity index (χ3v) is 2.14. The van der Waals surface area contributed by atoms with Crippen molar-refractivity contribution in [3.63, 3.8) is 0 Å². The summed E-state index contributed by atoms with van der Waals surface area (Å²) in [7, 11) is 0. The fourth-order valence-corrected chi connectivity index (χ4v) is 1.54. The van der Waals surface area contributed by atoms with Crippen molar-refractivity contribution in [1.82, 2.24) is 4.90 Å². The first-order valence-corrected chi connectivity index (χ1v) is 5.10. The van der Waals surface area contributed by atoms with Crippen LogP contribution in [0.2, 0.25) is 0 Å². The van der Waals surface area contributed by atoms with Gasteiger partial charge in [0.25, 0.3) is 5.78 Å². The van der Waals surface area contributed by atoms with Crippen LogP contribution in [0.15, 0.2) is 12.7 Å². The van der Waals surface area contributed by atoms with Gasteiger partial charge < -0.3 is 10.6 Å². The number of rotatable bonds is 5. The van der Waals surface area contributed by atoms with Gasteiger partial charge in [0.05, 0.1) is 0 Å². The average Bonchev–Trinajstić information content (AvgIpc) is 2.14. The fourth-order valence-electron chi connectivity index (χ4n) is 1.54. The smallest absolute Gasteiger partial charge is 0.408 e. The maximum atomic E-state index is 11.7. The Kier molecular flexibility index (Phi) is 5.28. The van der Waals surface area contributed by atoms with Gasteiger partial charge >= 0.3 is 12.3 Å². The van der Waals surface area contributed by atoms with Crippen molar-refractivity contribution in [2.45, 2.75) is 38.8 Å². The number of hydrogen-bond acceptors (Lipinski definition) is 2. The van der Waals surface area contributed by atoms with Crippen LogP contribution in [-0.4, -0.2) is 44.5 Å². The summed E-state index contributed by atoms with van der Waals surface area (Å²) in [4.78, 5) is 26.5. The molecule has 0 aliphatic heterocycles. The molecule has 1 amide bonds. The van der Waals surface area contributed by atoms with Gasteiger partial charge in [-0.15, -0.1) is 6.58 Å². The number of carbonyl (C=O) groups excluding carboxylic acids is 1. The Morgan fingerprint density at radius 1 is 1.53 bits per heavy atom. The van der Waals surface area contributed by atoms with E-state index in [0.29, 0.717) is 6.21 Å². The molecule has 1 N–H and O–H groups in total. The van der Waals surface area contributed by atoms with E-state index in [4.69, 9.17) is 10.6 Å². The van der Waals surface area contributed by atoms with Crippen LogP contribution in [0.1, 0.15) is 27.2 Å². The zero-order valence-corrected chi connectivity index (χ0v) is 10.3. The van der Waals surface area contributed by atoms with E-state index in [-0.39, 0.29) is 6.42 Å². The van der Waals surface area contributed by atoms with Crippen molar-refractivity contribution in [3.05, 3.63) is 18.2 Å². The summed E-state index contributed by atoms with van der Waals surface area (Å²) in [6, 6.07) is -0.930. The van der Waals surface area contributed by atoms with E-state index in [2.05, 4.69) is 11.4 Å². The van der Waals surface area contributed by atoms with Gasteiger partial charge in [-0.3, -0.25) is 9.69 Å². The largest absolute Gasteiger partial charge is 0.465 e. The third-order valence-electron chi connectivity index (χ3n) is 2.14. The van der Waals surface area contributed by atoms with Crippen LogP contribution >= 0.6 is 0 Å². The summed E-state index contributed by atoms with van der Waals surface area (Å²) < 4.78 is 0. The van der Waals surface area contributed by atoms with Crippen molar-refractivity contribution in [2.24, 2.45) is 0 Å². The van der Waals surface area contributed by atoms with Crippen LogP contribution in [0.4, 0.5) is 4.79 Å². The molecule has 0 aromatic heterocycles. The van der Waals surface area contributed by atoms with Crippen LogP contribution in [-0.2, 0) is 4.79 Å². The first kappa shape index (κ1) is 15.1. The van der Waals surface area contributed by atoms with Gasteiger partial charge in [-0.05, 0) is 27.2 Å². The minimum absolute atomic E-state index is 0.161. The zero-order valence-electron chi connectivity index (χ0n) is 10.3. The second-order valence-electron chi connectivity index (χ2n) is 4.51. The number of carbonyl (C=O) groups is 2. The van der Waals surface area contributed by atoms with Crippen molar-refractivity contribution in [2.75, 3.05) is 0 Å². The Balaban J connectivity index is 5.38. The fraction of sp³-hybridized carbons (Fsp3) is 0.545. The second kappa shape index (κ2) is 5.96. The highest BCUT2D eigenvalue weighted by molar-refractivity contribution is 6.28. The summed E-state index contributed by atoms with van der Waals surface area (Å²) in [5.41, 5.74) is 7.60. The average molecular weight is 239 g/mol. The lowest BCUT2D eigenvalue weighted by molar-refractivity contribution is -0.122. The van der Waals surface area contributed by atoms with Crippen molar-refractivity contribution >= 4 is 18.1 Å². The van der Waals surface area contributed by atoms with Crippen LogP contribution < -0.4 is 0 Å². The van der Waals surface area contributed by atoms with Crippen LogP contribution in [0, 0.1) is 0 Å².